The quantitative estimate of drug-likeness (QED) is 0.318. The molecule has 0 aliphatic carbocycles. The van der Waals surface area contributed by atoms with Crippen molar-refractivity contribution in [2.24, 2.45) is 0 Å². The molecule has 166 valence electrons. The van der Waals surface area contributed by atoms with Crippen LogP contribution < -0.4 is 9.47 Å². The number of pyridine rings is 2. The van der Waals surface area contributed by atoms with E-state index in [1.54, 1.807) is 7.11 Å². The third kappa shape index (κ3) is 4.24. The normalized spacial score (nSPS) is 15.4. The Labute approximate surface area is 185 Å². The first-order chi connectivity index (χ1) is 15.7. The minimum atomic E-state index is -0.00891. The van der Waals surface area contributed by atoms with Crippen LogP contribution >= 0.6 is 0 Å². The molecular weight excluding hydrogens is 411 g/mol. The van der Waals surface area contributed by atoms with Crippen LogP contribution in [0.5, 0.6) is 11.5 Å². The van der Waals surface area contributed by atoms with Crippen molar-refractivity contribution in [2.75, 3.05) is 33.4 Å². The molecule has 3 aromatic heterocycles. The van der Waals surface area contributed by atoms with E-state index in [4.69, 9.17) is 19.2 Å². The summed E-state index contributed by atoms with van der Waals surface area (Å²) in [5.41, 5.74) is 3.25. The fraction of sp³-hybridized carbons (Fsp3) is 0.333. The molecule has 0 unspecified atom stereocenters. The van der Waals surface area contributed by atoms with Crippen LogP contribution in [0.1, 0.15) is 12.8 Å². The number of imidazole rings is 1. The van der Waals surface area contributed by atoms with Crippen molar-refractivity contribution in [2.45, 2.75) is 18.9 Å². The number of nitrogens with zero attached hydrogens (tertiary/aromatic N) is 4. The average molecular weight is 436 g/mol. The molecule has 5 rings (SSSR count). The van der Waals surface area contributed by atoms with Crippen LogP contribution in [0, 0.1) is 0 Å². The van der Waals surface area contributed by atoms with Crippen LogP contribution in [0.4, 0.5) is 4.48 Å². The fourth-order valence-corrected chi connectivity index (χ4v) is 3.96. The van der Waals surface area contributed by atoms with Crippen molar-refractivity contribution in [1.29, 1.82) is 0 Å². The van der Waals surface area contributed by atoms with Gasteiger partial charge in [0.15, 0.2) is 0 Å². The summed E-state index contributed by atoms with van der Waals surface area (Å²) >= 11 is 0. The Bertz CT molecular complexity index is 1220. The zero-order chi connectivity index (χ0) is 21.9. The van der Waals surface area contributed by atoms with Gasteiger partial charge >= 0.3 is 0 Å². The Morgan fingerprint density at radius 2 is 1.97 bits per heavy atom. The maximum atomic E-state index is 13.3. The van der Waals surface area contributed by atoms with Crippen LogP contribution in [0.3, 0.4) is 0 Å². The van der Waals surface area contributed by atoms with Gasteiger partial charge in [-0.3, -0.25) is 4.40 Å². The maximum absolute atomic E-state index is 13.3. The predicted octanol–water partition coefficient (Wildman–Crippen LogP) is 4.30. The second-order valence-corrected chi connectivity index (χ2v) is 7.83. The van der Waals surface area contributed by atoms with Gasteiger partial charge in [-0.15, -0.1) is 9.60 Å². The molecule has 0 amide bonds. The predicted molar refractivity (Wildman–Crippen MR) is 120 cm³/mol. The van der Waals surface area contributed by atoms with Crippen LogP contribution in [0.15, 0.2) is 54.9 Å². The highest BCUT2D eigenvalue weighted by Crippen LogP contribution is 2.30. The standard InChI is InChI=1S/C24H25FN4O3/c1-30-13-14-31-19-9-12-29-21(16-26-23(29)15-19)20-6-5-17-3-2-4-22(24(17)27-20)32-18-7-10-28(25)11-8-18/h2-6,9,12,15-16,18H,7-8,10-11,13-14H2,1H3. The summed E-state index contributed by atoms with van der Waals surface area (Å²) < 4.78 is 32.3. The maximum Gasteiger partial charge on any atom is 0.145 e. The van der Waals surface area contributed by atoms with Gasteiger partial charge in [-0.05, 0) is 31.0 Å². The number of hydrogen-bond donors (Lipinski definition) is 0. The first-order valence-electron chi connectivity index (χ1n) is 10.8. The highest BCUT2D eigenvalue weighted by Gasteiger charge is 2.21. The number of benzene rings is 1. The van der Waals surface area contributed by atoms with Gasteiger partial charge in [0.05, 0.1) is 24.2 Å². The highest BCUT2D eigenvalue weighted by atomic mass is 19.2. The van der Waals surface area contributed by atoms with Gasteiger partial charge in [-0.1, -0.05) is 18.2 Å². The molecule has 1 aliphatic rings. The van der Waals surface area contributed by atoms with E-state index in [0.717, 1.165) is 44.6 Å². The summed E-state index contributed by atoms with van der Waals surface area (Å²) in [5.74, 6) is 1.47. The lowest BCUT2D eigenvalue weighted by molar-refractivity contribution is -0.0260. The summed E-state index contributed by atoms with van der Waals surface area (Å²) in [6, 6.07) is 13.7. The minimum absolute atomic E-state index is 0.00891. The SMILES string of the molecule is COCCOc1ccn2c(-c3ccc4cccc(OC5CCN(F)CC5)c4n3)cnc2c1. The molecule has 1 fully saturated rings. The van der Waals surface area contributed by atoms with Gasteiger partial charge in [0.2, 0.25) is 0 Å². The van der Waals surface area contributed by atoms with E-state index in [0.29, 0.717) is 39.1 Å². The zero-order valence-corrected chi connectivity index (χ0v) is 17.9. The molecule has 7 nitrogen and oxygen atoms in total. The molecule has 0 radical (unpaired) electrons. The number of fused-ring (bicyclic) bond motifs is 2. The van der Waals surface area contributed by atoms with Crippen molar-refractivity contribution in [3.8, 4) is 22.9 Å². The van der Waals surface area contributed by atoms with Gasteiger partial charge in [0, 0.05) is 37.8 Å². The number of rotatable bonds is 7. The highest BCUT2D eigenvalue weighted by molar-refractivity contribution is 5.86. The van der Waals surface area contributed by atoms with E-state index >= 15 is 0 Å². The number of piperidine rings is 1. The van der Waals surface area contributed by atoms with Crippen molar-refractivity contribution in [3.63, 3.8) is 0 Å². The van der Waals surface area contributed by atoms with Crippen molar-refractivity contribution >= 4 is 16.6 Å². The summed E-state index contributed by atoms with van der Waals surface area (Å²) in [6.07, 6.45) is 5.05. The third-order valence-corrected chi connectivity index (χ3v) is 5.67. The third-order valence-electron chi connectivity index (χ3n) is 5.67. The Morgan fingerprint density at radius 3 is 2.81 bits per heavy atom. The second kappa shape index (κ2) is 9.10. The van der Waals surface area contributed by atoms with Crippen LogP contribution in [-0.2, 0) is 4.74 Å². The monoisotopic (exact) mass is 436 g/mol. The van der Waals surface area contributed by atoms with Crippen molar-refractivity contribution in [1.82, 2.24) is 19.5 Å². The topological polar surface area (TPSA) is 61.1 Å². The van der Waals surface area contributed by atoms with Gasteiger partial charge < -0.3 is 14.2 Å². The van der Waals surface area contributed by atoms with Crippen molar-refractivity contribution < 1.29 is 18.7 Å². The van der Waals surface area contributed by atoms with E-state index in [2.05, 4.69) is 4.98 Å². The van der Waals surface area contributed by atoms with E-state index < -0.39 is 0 Å². The molecule has 4 heterocycles. The molecule has 4 aromatic rings. The molecule has 0 saturated carbocycles. The lowest BCUT2D eigenvalue weighted by Crippen LogP contribution is -2.33. The zero-order valence-electron chi connectivity index (χ0n) is 17.9. The molecule has 0 N–H and O–H groups in total. The van der Waals surface area contributed by atoms with Gasteiger partial charge in [0.25, 0.3) is 0 Å². The first-order valence-corrected chi connectivity index (χ1v) is 10.8. The smallest absolute Gasteiger partial charge is 0.145 e. The number of ether oxygens (including phenoxy) is 3. The Morgan fingerprint density at radius 1 is 1.09 bits per heavy atom. The Balaban J connectivity index is 1.44. The van der Waals surface area contributed by atoms with Gasteiger partial charge in [-0.2, -0.15) is 0 Å². The summed E-state index contributed by atoms with van der Waals surface area (Å²) in [4.78, 5) is 9.44. The minimum Gasteiger partial charge on any atom is -0.491 e. The van der Waals surface area contributed by atoms with Gasteiger partial charge in [0.1, 0.15) is 35.4 Å². The van der Waals surface area contributed by atoms with Crippen LogP contribution in [-0.4, -0.2) is 59.0 Å². The van der Waals surface area contributed by atoms with Crippen molar-refractivity contribution in [3.05, 3.63) is 54.9 Å². The van der Waals surface area contributed by atoms with Gasteiger partial charge in [-0.25, -0.2) is 9.97 Å². The number of para-hydroxylation sites is 1. The summed E-state index contributed by atoms with van der Waals surface area (Å²) in [5, 5.41) is 1.84. The van der Waals surface area contributed by atoms with E-state index in [1.165, 1.54) is 0 Å². The number of hydrogen-bond acceptors (Lipinski definition) is 6. The Hall–Kier alpha value is -3.23. The summed E-state index contributed by atoms with van der Waals surface area (Å²) in [7, 11) is 1.65. The van der Waals surface area contributed by atoms with E-state index in [1.807, 2.05) is 59.3 Å². The molecular formula is C24H25FN4O3. The largest absolute Gasteiger partial charge is 0.491 e. The molecule has 1 saturated heterocycles. The molecule has 32 heavy (non-hydrogen) atoms. The summed E-state index contributed by atoms with van der Waals surface area (Å²) in [6.45, 7) is 1.81. The Kier molecular flexibility index (Phi) is 5.87. The molecule has 0 atom stereocenters. The molecule has 8 heteroatoms. The fourth-order valence-electron chi connectivity index (χ4n) is 3.96. The molecule has 0 spiro atoms. The lowest BCUT2D eigenvalue weighted by atomic mass is 10.1. The van der Waals surface area contributed by atoms with Crippen LogP contribution in [0.2, 0.25) is 0 Å². The average Bonchev–Trinajstić information content (AvgIpc) is 3.24. The van der Waals surface area contributed by atoms with E-state index in [-0.39, 0.29) is 6.10 Å². The number of halogens is 1. The molecule has 1 aromatic carbocycles. The molecule has 1 aliphatic heterocycles. The van der Waals surface area contributed by atoms with Crippen LogP contribution in [0.25, 0.3) is 27.9 Å². The lowest BCUT2D eigenvalue weighted by Gasteiger charge is -2.26. The first kappa shape index (κ1) is 20.7. The second-order valence-electron chi connectivity index (χ2n) is 7.83. The number of aromatic nitrogens is 3. The molecule has 0 bridgehead atoms. The number of methoxy groups -OCH3 is 1. The van der Waals surface area contributed by atoms with E-state index in [9.17, 15) is 4.48 Å².